The van der Waals surface area contributed by atoms with E-state index in [-0.39, 0.29) is 47.2 Å². The first-order chi connectivity index (χ1) is 19.6. The molecule has 2 aromatic carbocycles. The minimum Gasteiger partial charge on any atom is -0.383 e. The van der Waals surface area contributed by atoms with Gasteiger partial charge in [-0.25, -0.2) is 9.37 Å². The zero-order valence-corrected chi connectivity index (χ0v) is 25.0. The molecule has 41 heavy (non-hydrogen) atoms. The Bertz CT molecular complexity index is 1420. The normalized spacial score (nSPS) is 18.5. The topological polar surface area (TPSA) is 96.1 Å². The molecule has 0 bridgehead atoms. The smallest absolute Gasteiger partial charge is 0.243 e. The van der Waals surface area contributed by atoms with Crippen molar-refractivity contribution in [1.29, 1.82) is 0 Å². The number of aromatic amines is 1. The molecule has 2 amide bonds. The van der Waals surface area contributed by atoms with Crippen LogP contribution in [0.15, 0.2) is 36.4 Å². The third-order valence-electron chi connectivity index (χ3n) is 8.82. The Balaban J connectivity index is 1.39. The number of carbonyl (C=O) groups excluding carboxylic acids is 2. The van der Waals surface area contributed by atoms with Gasteiger partial charge < -0.3 is 20.4 Å². The van der Waals surface area contributed by atoms with E-state index in [2.05, 4.69) is 29.5 Å². The second-order valence-corrected chi connectivity index (χ2v) is 12.7. The van der Waals surface area contributed by atoms with Crippen molar-refractivity contribution in [2.75, 3.05) is 13.7 Å². The summed E-state index contributed by atoms with van der Waals surface area (Å²) in [5, 5.41) is 6.32. The van der Waals surface area contributed by atoms with Crippen molar-refractivity contribution in [2.45, 2.75) is 82.7 Å². The van der Waals surface area contributed by atoms with Crippen LogP contribution in [0.1, 0.15) is 75.7 Å². The molecule has 9 heteroatoms. The molecule has 2 fully saturated rings. The van der Waals surface area contributed by atoms with Crippen LogP contribution in [0.5, 0.6) is 0 Å². The number of nitrogens with one attached hydrogen (secondary N) is 3. The van der Waals surface area contributed by atoms with Gasteiger partial charge in [-0.3, -0.25) is 9.59 Å². The van der Waals surface area contributed by atoms with Gasteiger partial charge in [0.1, 0.15) is 17.7 Å². The lowest BCUT2D eigenvalue weighted by Crippen LogP contribution is -2.57. The molecule has 2 aliphatic carbocycles. The fourth-order valence-electron chi connectivity index (χ4n) is 5.78. The van der Waals surface area contributed by atoms with E-state index < -0.39 is 17.3 Å². The van der Waals surface area contributed by atoms with Gasteiger partial charge in [0.05, 0.1) is 28.1 Å². The third kappa shape index (κ3) is 6.28. The number of ether oxygens (including phenoxy) is 1. The summed E-state index contributed by atoms with van der Waals surface area (Å²) in [6.07, 6.45) is 5.50. The number of fused-ring (bicyclic) bond motifs is 1. The van der Waals surface area contributed by atoms with E-state index in [9.17, 15) is 14.0 Å². The van der Waals surface area contributed by atoms with Gasteiger partial charge in [0, 0.05) is 19.6 Å². The van der Waals surface area contributed by atoms with Gasteiger partial charge in [0.15, 0.2) is 0 Å². The Labute approximate surface area is 246 Å². The lowest BCUT2D eigenvalue weighted by Gasteiger charge is -2.36. The van der Waals surface area contributed by atoms with Crippen LogP contribution in [0.3, 0.4) is 0 Å². The van der Waals surface area contributed by atoms with Gasteiger partial charge in [-0.1, -0.05) is 50.1 Å². The standard InChI is InChI=1S/C32H40ClFN4O3/c1-18(2)23(22-9-6-10-24(34)28(22)33)16-27-36-25-14-11-20(15-26(25)37-27)32(3,17-41-4)31(40)38-29(19-7-5-8-19)30(39)35-21-12-13-21/h6,9-11,14-15,18-19,21,23,29H,5,7-8,12-13,16-17H2,1-4H3,(H,35,39)(H,36,37)(H,38,40)/t23?,29-,32?/m1/s1. The van der Waals surface area contributed by atoms with Crippen LogP contribution < -0.4 is 10.6 Å². The Morgan fingerprint density at radius 3 is 2.59 bits per heavy atom. The highest BCUT2D eigenvalue weighted by molar-refractivity contribution is 6.31. The van der Waals surface area contributed by atoms with Gasteiger partial charge in [-0.2, -0.15) is 0 Å². The summed E-state index contributed by atoms with van der Waals surface area (Å²) in [4.78, 5) is 35.1. The lowest BCUT2D eigenvalue weighted by molar-refractivity contribution is -0.135. The molecule has 3 N–H and O–H groups in total. The number of H-pyrrole nitrogens is 1. The van der Waals surface area contributed by atoms with Gasteiger partial charge in [-0.15, -0.1) is 0 Å². The number of benzene rings is 2. The van der Waals surface area contributed by atoms with E-state index in [4.69, 9.17) is 21.3 Å². The van der Waals surface area contributed by atoms with Crippen molar-refractivity contribution in [2.24, 2.45) is 11.8 Å². The molecular formula is C32H40ClFN4O3. The second kappa shape index (κ2) is 12.1. The molecule has 7 nitrogen and oxygen atoms in total. The minimum atomic E-state index is -1.02. The Hall–Kier alpha value is -2.97. The average molecular weight is 583 g/mol. The van der Waals surface area contributed by atoms with Crippen LogP contribution in [0, 0.1) is 17.7 Å². The molecule has 0 saturated heterocycles. The second-order valence-electron chi connectivity index (χ2n) is 12.3. The highest BCUT2D eigenvalue weighted by Crippen LogP contribution is 2.36. The average Bonchev–Trinajstić information content (AvgIpc) is 3.62. The number of hydrogen-bond acceptors (Lipinski definition) is 4. The molecule has 3 aromatic rings. The van der Waals surface area contributed by atoms with Crippen molar-refractivity contribution < 1.29 is 18.7 Å². The van der Waals surface area contributed by atoms with E-state index in [1.54, 1.807) is 13.2 Å². The van der Waals surface area contributed by atoms with Crippen molar-refractivity contribution in [3.05, 3.63) is 64.2 Å². The fraction of sp³-hybridized carbons (Fsp3) is 0.531. The van der Waals surface area contributed by atoms with Crippen LogP contribution in [0.25, 0.3) is 11.0 Å². The molecule has 220 valence electrons. The predicted molar refractivity (Wildman–Crippen MR) is 158 cm³/mol. The third-order valence-corrected chi connectivity index (χ3v) is 9.21. The van der Waals surface area contributed by atoms with Crippen LogP contribution in [-0.2, 0) is 26.2 Å². The molecule has 0 spiro atoms. The zero-order chi connectivity index (χ0) is 29.3. The van der Waals surface area contributed by atoms with Crippen molar-refractivity contribution in [1.82, 2.24) is 20.6 Å². The van der Waals surface area contributed by atoms with Gasteiger partial charge in [0.25, 0.3) is 0 Å². The van der Waals surface area contributed by atoms with E-state index in [1.807, 2.05) is 31.2 Å². The first-order valence-corrected chi connectivity index (χ1v) is 15.0. The molecule has 3 atom stereocenters. The first-order valence-electron chi connectivity index (χ1n) is 14.6. The minimum absolute atomic E-state index is 0.0343. The van der Waals surface area contributed by atoms with Crippen LogP contribution in [0.4, 0.5) is 4.39 Å². The van der Waals surface area contributed by atoms with Gasteiger partial charge in [0.2, 0.25) is 11.8 Å². The summed E-state index contributed by atoms with van der Waals surface area (Å²) in [5.41, 5.74) is 2.07. The number of imidazole rings is 1. The van der Waals surface area contributed by atoms with Crippen LogP contribution in [0.2, 0.25) is 5.02 Å². The summed E-state index contributed by atoms with van der Waals surface area (Å²) in [6, 6.07) is 10.3. The molecule has 0 radical (unpaired) electrons. The molecule has 0 aliphatic heterocycles. The highest BCUT2D eigenvalue weighted by atomic mass is 35.5. The Morgan fingerprint density at radius 1 is 1.20 bits per heavy atom. The summed E-state index contributed by atoms with van der Waals surface area (Å²) >= 11 is 6.34. The number of rotatable bonds is 12. The highest BCUT2D eigenvalue weighted by Gasteiger charge is 2.42. The lowest BCUT2D eigenvalue weighted by atomic mass is 9.77. The summed E-state index contributed by atoms with van der Waals surface area (Å²) in [7, 11) is 1.57. The quantitative estimate of drug-likeness (QED) is 0.251. The maximum absolute atomic E-state index is 14.2. The van der Waals surface area contributed by atoms with Crippen molar-refractivity contribution in [3.63, 3.8) is 0 Å². The SMILES string of the molecule is COCC(C)(C(=O)N[C@@H](C(=O)NC1CC1)C1CCC1)c1ccc2nc(CC(c3cccc(F)c3Cl)C(C)C)[nH]c2c1. The molecule has 5 rings (SSSR count). The monoisotopic (exact) mass is 582 g/mol. The number of carbonyl (C=O) groups is 2. The van der Waals surface area contributed by atoms with E-state index in [0.717, 1.165) is 60.1 Å². The summed E-state index contributed by atoms with van der Waals surface area (Å²) in [6.45, 7) is 6.18. The van der Waals surface area contributed by atoms with Crippen molar-refractivity contribution >= 4 is 34.4 Å². The molecule has 2 saturated carbocycles. The fourth-order valence-corrected chi connectivity index (χ4v) is 6.05. The van der Waals surface area contributed by atoms with E-state index >= 15 is 0 Å². The number of methoxy groups -OCH3 is 1. The Morgan fingerprint density at radius 2 is 1.95 bits per heavy atom. The summed E-state index contributed by atoms with van der Waals surface area (Å²) < 4.78 is 19.8. The van der Waals surface area contributed by atoms with E-state index in [1.165, 1.54) is 6.07 Å². The predicted octanol–water partition coefficient (Wildman–Crippen LogP) is 5.81. The maximum atomic E-state index is 14.2. The first kappa shape index (κ1) is 29.5. The molecule has 2 unspecified atom stereocenters. The van der Waals surface area contributed by atoms with Crippen LogP contribution >= 0.6 is 11.6 Å². The summed E-state index contributed by atoms with van der Waals surface area (Å²) in [5.74, 6) is 0.335. The zero-order valence-electron chi connectivity index (χ0n) is 24.2. The van der Waals surface area contributed by atoms with Crippen molar-refractivity contribution in [3.8, 4) is 0 Å². The molecule has 2 aliphatic rings. The number of halogens is 2. The number of hydrogen-bond donors (Lipinski definition) is 3. The maximum Gasteiger partial charge on any atom is 0.243 e. The number of amides is 2. The Kier molecular flexibility index (Phi) is 8.71. The van der Waals surface area contributed by atoms with Gasteiger partial charge >= 0.3 is 0 Å². The molecule has 1 heterocycles. The van der Waals surface area contributed by atoms with E-state index in [0.29, 0.717) is 6.42 Å². The number of aromatic nitrogens is 2. The molecule has 1 aromatic heterocycles. The molecular weight excluding hydrogens is 543 g/mol. The largest absolute Gasteiger partial charge is 0.383 e. The van der Waals surface area contributed by atoms with Gasteiger partial charge in [-0.05, 0) is 79.7 Å². The number of nitrogens with zero attached hydrogens (tertiary/aromatic N) is 1. The van der Waals surface area contributed by atoms with Crippen LogP contribution in [-0.4, -0.2) is 47.6 Å².